The average molecular weight is 341 g/mol. The van der Waals surface area contributed by atoms with Gasteiger partial charge in [0.25, 0.3) is 0 Å². The van der Waals surface area contributed by atoms with Crippen LogP contribution in [0.1, 0.15) is 0 Å². The van der Waals surface area contributed by atoms with E-state index in [0.29, 0.717) is 5.82 Å². The van der Waals surface area contributed by atoms with Crippen molar-refractivity contribution in [2.75, 3.05) is 14.2 Å². The van der Waals surface area contributed by atoms with Crippen LogP contribution in [-0.4, -0.2) is 29.2 Å². The third-order valence-electron chi connectivity index (χ3n) is 4.73. The molecule has 5 heteroatoms. The molecule has 0 saturated heterocycles. The molecule has 5 rings (SSSR count). The molecule has 126 valence electrons. The van der Waals surface area contributed by atoms with Crippen molar-refractivity contribution in [3.8, 4) is 23.4 Å². The Morgan fingerprint density at radius 1 is 0.615 bits per heavy atom. The minimum Gasteiger partial charge on any atom is -0.467 e. The van der Waals surface area contributed by atoms with Crippen LogP contribution in [0.5, 0.6) is 12.0 Å². The van der Waals surface area contributed by atoms with Gasteiger partial charge in [-0.05, 0) is 38.4 Å². The smallest absolute Gasteiger partial charge is 0.322 e. The van der Waals surface area contributed by atoms with Gasteiger partial charge in [0.2, 0.25) is 0 Å². The van der Waals surface area contributed by atoms with Gasteiger partial charge in [-0.15, -0.1) is 4.98 Å². The topological polar surface area (TPSA) is 57.1 Å². The summed E-state index contributed by atoms with van der Waals surface area (Å²) < 4.78 is 10.4. The number of ether oxygens (including phenoxy) is 2. The molecule has 0 aliphatic carbocycles. The summed E-state index contributed by atoms with van der Waals surface area (Å²) in [5.74, 6) is 0.534. The maximum absolute atomic E-state index is 5.20. The van der Waals surface area contributed by atoms with Gasteiger partial charge in [0.15, 0.2) is 5.82 Å². The molecule has 0 N–H and O–H groups in total. The fourth-order valence-corrected chi connectivity index (χ4v) is 3.57. The summed E-state index contributed by atoms with van der Waals surface area (Å²) in [6, 6.07) is 19.6. The highest BCUT2D eigenvalue weighted by Gasteiger charge is 2.15. The highest BCUT2D eigenvalue weighted by atomic mass is 16.5. The normalized spacial score (nSPS) is 11.5. The van der Waals surface area contributed by atoms with E-state index < -0.39 is 0 Å². The fourth-order valence-electron chi connectivity index (χ4n) is 3.57. The first-order valence-electron chi connectivity index (χ1n) is 8.29. The van der Waals surface area contributed by atoms with Crippen LogP contribution in [0, 0.1) is 0 Å². The van der Waals surface area contributed by atoms with Gasteiger partial charge in [-0.2, -0.15) is 9.97 Å². The molecule has 0 aliphatic rings. The molecule has 0 unspecified atom stereocenters. The van der Waals surface area contributed by atoms with Gasteiger partial charge in [-0.3, -0.25) is 0 Å². The summed E-state index contributed by atoms with van der Waals surface area (Å²) in [4.78, 5) is 12.9. The summed E-state index contributed by atoms with van der Waals surface area (Å²) in [5.41, 5.74) is 0.926. The Kier molecular flexibility index (Phi) is 3.15. The van der Waals surface area contributed by atoms with Crippen LogP contribution in [0.25, 0.3) is 43.7 Å². The zero-order chi connectivity index (χ0) is 17.7. The molecule has 1 heterocycles. The van der Waals surface area contributed by atoms with E-state index in [1.807, 2.05) is 6.07 Å². The van der Waals surface area contributed by atoms with E-state index in [0.717, 1.165) is 10.9 Å². The SMILES string of the molecule is COc1nc(OC)nc(-c2ccc3ccc4cccc5ccc2c3c45)n1. The maximum Gasteiger partial charge on any atom is 0.322 e. The van der Waals surface area contributed by atoms with Gasteiger partial charge < -0.3 is 9.47 Å². The second-order valence-corrected chi connectivity index (χ2v) is 6.10. The van der Waals surface area contributed by atoms with Crippen molar-refractivity contribution in [3.05, 3.63) is 54.6 Å². The van der Waals surface area contributed by atoms with Gasteiger partial charge in [0, 0.05) is 5.56 Å². The minimum atomic E-state index is 0.234. The lowest BCUT2D eigenvalue weighted by molar-refractivity contribution is 0.341. The van der Waals surface area contributed by atoms with Crippen molar-refractivity contribution in [2.24, 2.45) is 0 Å². The van der Waals surface area contributed by atoms with Crippen molar-refractivity contribution >= 4 is 32.3 Å². The zero-order valence-electron chi connectivity index (χ0n) is 14.4. The Morgan fingerprint density at radius 3 is 1.85 bits per heavy atom. The van der Waals surface area contributed by atoms with Gasteiger partial charge in [0.05, 0.1) is 14.2 Å². The maximum atomic E-state index is 5.20. The monoisotopic (exact) mass is 341 g/mol. The van der Waals surface area contributed by atoms with Gasteiger partial charge in [-0.25, -0.2) is 0 Å². The second kappa shape index (κ2) is 5.52. The number of aromatic nitrogens is 3. The molecule has 4 aromatic carbocycles. The Bertz CT molecular complexity index is 1230. The molecule has 0 fully saturated rings. The molecule has 1 aromatic heterocycles. The molecule has 5 nitrogen and oxygen atoms in total. The molecular weight excluding hydrogens is 326 g/mol. The quantitative estimate of drug-likeness (QED) is 0.454. The third kappa shape index (κ3) is 2.07. The standard InChI is InChI=1S/C21H15N3O2/c1-25-20-22-19(23-21(24-20)26-2)16-11-9-14-7-6-12-4-3-5-13-8-10-15(16)18(14)17(12)13/h3-11H,1-2H3. The van der Waals surface area contributed by atoms with Crippen molar-refractivity contribution in [2.45, 2.75) is 0 Å². The lowest BCUT2D eigenvalue weighted by Crippen LogP contribution is -2.01. The van der Waals surface area contributed by atoms with E-state index in [1.54, 1.807) is 0 Å². The van der Waals surface area contributed by atoms with Crippen LogP contribution in [-0.2, 0) is 0 Å². The van der Waals surface area contributed by atoms with Crippen LogP contribution in [0.2, 0.25) is 0 Å². The highest BCUT2D eigenvalue weighted by molar-refractivity contribution is 6.25. The summed E-state index contributed by atoms with van der Waals surface area (Å²) in [6.45, 7) is 0. The molecule has 5 aromatic rings. The molecule has 0 radical (unpaired) electrons. The van der Waals surface area contributed by atoms with Crippen LogP contribution >= 0.6 is 0 Å². The van der Waals surface area contributed by atoms with Crippen LogP contribution < -0.4 is 9.47 Å². The predicted octanol–water partition coefficient (Wildman–Crippen LogP) is 4.45. The largest absolute Gasteiger partial charge is 0.467 e. The number of benzene rings is 4. The summed E-state index contributed by atoms with van der Waals surface area (Å²) in [7, 11) is 3.06. The summed E-state index contributed by atoms with van der Waals surface area (Å²) in [5, 5.41) is 7.23. The molecule has 26 heavy (non-hydrogen) atoms. The summed E-state index contributed by atoms with van der Waals surface area (Å²) >= 11 is 0. The first-order chi connectivity index (χ1) is 12.8. The number of nitrogens with zero attached hydrogens (tertiary/aromatic N) is 3. The molecule has 0 aliphatic heterocycles. The number of methoxy groups -OCH3 is 2. The van der Waals surface area contributed by atoms with E-state index >= 15 is 0 Å². The van der Waals surface area contributed by atoms with Gasteiger partial charge in [0.1, 0.15) is 0 Å². The molecule has 0 atom stereocenters. The van der Waals surface area contributed by atoms with E-state index in [9.17, 15) is 0 Å². The van der Waals surface area contributed by atoms with E-state index in [4.69, 9.17) is 9.47 Å². The fraction of sp³-hybridized carbons (Fsp3) is 0.0952. The molecular formula is C21H15N3O2. The number of hydrogen-bond acceptors (Lipinski definition) is 5. The lowest BCUT2D eigenvalue weighted by atomic mass is 9.92. The highest BCUT2D eigenvalue weighted by Crippen LogP contribution is 2.38. The predicted molar refractivity (Wildman–Crippen MR) is 102 cm³/mol. The first-order valence-corrected chi connectivity index (χ1v) is 8.29. The Labute approximate surface area is 149 Å². The van der Waals surface area contributed by atoms with E-state index in [1.165, 1.54) is 41.2 Å². The van der Waals surface area contributed by atoms with Gasteiger partial charge in [-0.1, -0.05) is 48.5 Å². The molecule has 0 bridgehead atoms. The lowest BCUT2D eigenvalue weighted by Gasteiger charge is -2.13. The Balaban J connectivity index is 1.90. The zero-order valence-corrected chi connectivity index (χ0v) is 14.4. The molecule has 0 saturated carbocycles. The second-order valence-electron chi connectivity index (χ2n) is 6.10. The van der Waals surface area contributed by atoms with Crippen molar-refractivity contribution in [1.29, 1.82) is 0 Å². The van der Waals surface area contributed by atoms with Crippen molar-refractivity contribution in [3.63, 3.8) is 0 Å². The van der Waals surface area contributed by atoms with E-state index in [2.05, 4.69) is 63.5 Å². The van der Waals surface area contributed by atoms with E-state index in [-0.39, 0.29) is 12.0 Å². The van der Waals surface area contributed by atoms with Crippen LogP contribution in [0.3, 0.4) is 0 Å². The number of rotatable bonds is 3. The van der Waals surface area contributed by atoms with Crippen molar-refractivity contribution < 1.29 is 9.47 Å². The average Bonchev–Trinajstić information content (AvgIpc) is 2.71. The minimum absolute atomic E-state index is 0.234. The molecule has 0 amide bonds. The number of hydrogen-bond donors (Lipinski definition) is 0. The van der Waals surface area contributed by atoms with Gasteiger partial charge >= 0.3 is 12.0 Å². The van der Waals surface area contributed by atoms with Crippen LogP contribution in [0.4, 0.5) is 0 Å². The Hall–Kier alpha value is -3.47. The summed E-state index contributed by atoms with van der Waals surface area (Å²) in [6.07, 6.45) is 0. The third-order valence-corrected chi connectivity index (χ3v) is 4.73. The van der Waals surface area contributed by atoms with Crippen LogP contribution in [0.15, 0.2) is 54.6 Å². The molecule has 0 spiro atoms. The Morgan fingerprint density at radius 2 is 1.19 bits per heavy atom. The van der Waals surface area contributed by atoms with Crippen molar-refractivity contribution in [1.82, 2.24) is 15.0 Å². The first kappa shape index (κ1) is 14.8.